The van der Waals surface area contributed by atoms with E-state index in [1.54, 1.807) is 12.1 Å². The van der Waals surface area contributed by atoms with Crippen molar-refractivity contribution in [3.8, 4) is 0 Å². The zero-order valence-electron chi connectivity index (χ0n) is 16.2. The molecule has 0 fully saturated rings. The van der Waals surface area contributed by atoms with E-state index in [1.165, 1.54) is 0 Å². The van der Waals surface area contributed by atoms with Crippen LogP contribution in [-0.4, -0.2) is 26.8 Å². The summed E-state index contributed by atoms with van der Waals surface area (Å²) in [5.41, 5.74) is 5.81. The highest BCUT2D eigenvalue weighted by Gasteiger charge is 2.14. The largest absolute Gasteiger partial charge is 0.481 e. The number of benzene rings is 2. The van der Waals surface area contributed by atoms with Crippen molar-refractivity contribution in [3.05, 3.63) is 82.2 Å². The summed E-state index contributed by atoms with van der Waals surface area (Å²) in [6.45, 7) is 6.23. The first-order valence-corrected chi connectivity index (χ1v) is 9.05. The summed E-state index contributed by atoms with van der Waals surface area (Å²) in [4.78, 5) is 23.3. The van der Waals surface area contributed by atoms with Crippen LogP contribution in [0.15, 0.2) is 48.5 Å². The number of aromatic nitrogens is 2. The number of anilines is 1. The Kier molecular flexibility index (Phi) is 5.59. The lowest BCUT2D eigenvalue weighted by Crippen LogP contribution is -2.12. The van der Waals surface area contributed by atoms with E-state index in [9.17, 15) is 9.59 Å². The number of carbonyl (C=O) groups excluding carboxylic acids is 1. The van der Waals surface area contributed by atoms with E-state index in [4.69, 9.17) is 5.11 Å². The van der Waals surface area contributed by atoms with Gasteiger partial charge in [0, 0.05) is 22.5 Å². The number of amides is 1. The second-order valence-corrected chi connectivity index (χ2v) is 6.89. The Labute approximate surface area is 163 Å². The van der Waals surface area contributed by atoms with E-state index in [-0.39, 0.29) is 12.3 Å². The van der Waals surface area contributed by atoms with Crippen molar-refractivity contribution in [1.29, 1.82) is 0 Å². The van der Waals surface area contributed by atoms with Gasteiger partial charge in [-0.25, -0.2) is 0 Å². The normalized spacial score (nSPS) is 10.7. The minimum Gasteiger partial charge on any atom is -0.481 e. The smallest absolute Gasteiger partial charge is 0.307 e. The number of rotatable bonds is 6. The van der Waals surface area contributed by atoms with Crippen molar-refractivity contribution in [1.82, 2.24) is 9.78 Å². The average Bonchev–Trinajstić information content (AvgIpc) is 2.91. The molecule has 0 spiro atoms. The lowest BCUT2D eigenvalue weighted by atomic mass is 10.1. The van der Waals surface area contributed by atoms with E-state index in [2.05, 4.69) is 10.4 Å². The maximum Gasteiger partial charge on any atom is 0.307 e. The molecule has 1 aromatic heterocycles. The van der Waals surface area contributed by atoms with Crippen molar-refractivity contribution in [2.45, 2.75) is 33.7 Å². The van der Waals surface area contributed by atoms with Gasteiger partial charge in [0.1, 0.15) is 0 Å². The lowest BCUT2D eigenvalue weighted by Gasteiger charge is -2.08. The Morgan fingerprint density at radius 2 is 1.64 bits per heavy atom. The molecule has 0 aliphatic carbocycles. The molecule has 0 aliphatic heterocycles. The number of carboxylic acid groups (broad SMARTS) is 1. The highest BCUT2D eigenvalue weighted by atomic mass is 16.4. The predicted molar refractivity (Wildman–Crippen MR) is 108 cm³/mol. The standard InChI is InChI=1S/C22H23N3O3/c1-14-4-8-18(9-5-14)22(28)23-19-10-6-17(7-11-19)13-25-16(3)20(12-21(26)27)15(2)24-25/h4-11H,12-13H2,1-3H3,(H,23,28)(H,26,27). The van der Waals surface area contributed by atoms with Gasteiger partial charge in [0.25, 0.3) is 5.91 Å². The van der Waals surface area contributed by atoms with Gasteiger partial charge in [-0.2, -0.15) is 5.10 Å². The monoisotopic (exact) mass is 377 g/mol. The Bertz CT molecular complexity index is 1000. The van der Waals surface area contributed by atoms with Crippen LogP contribution >= 0.6 is 0 Å². The van der Waals surface area contributed by atoms with E-state index in [0.717, 1.165) is 28.1 Å². The molecule has 0 unspecified atom stereocenters. The first-order valence-electron chi connectivity index (χ1n) is 9.05. The summed E-state index contributed by atoms with van der Waals surface area (Å²) < 4.78 is 1.81. The van der Waals surface area contributed by atoms with Crippen LogP contribution in [0.2, 0.25) is 0 Å². The summed E-state index contributed by atoms with van der Waals surface area (Å²) in [5, 5.41) is 16.4. The van der Waals surface area contributed by atoms with Gasteiger partial charge in [0.15, 0.2) is 0 Å². The van der Waals surface area contributed by atoms with Crippen LogP contribution in [0.25, 0.3) is 0 Å². The molecular formula is C22H23N3O3. The summed E-state index contributed by atoms with van der Waals surface area (Å²) in [7, 11) is 0. The summed E-state index contributed by atoms with van der Waals surface area (Å²) in [5.74, 6) is -1.01. The quantitative estimate of drug-likeness (QED) is 0.685. The number of nitrogens with one attached hydrogen (secondary N) is 1. The van der Waals surface area contributed by atoms with Gasteiger partial charge in [-0.05, 0) is 50.6 Å². The van der Waals surface area contributed by atoms with Gasteiger partial charge in [0.05, 0.1) is 18.7 Å². The zero-order valence-corrected chi connectivity index (χ0v) is 16.2. The van der Waals surface area contributed by atoms with Gasteiger partial charge in [-0.15, -0.1) is 0 Å². The average molecular weight is 377 g/mol. The summed E-state index contributed by atoms with van der Waals surface area (Å²) >= 11 is 0. The number of hydrogen-bond donors (Lipinski definition) is 2. The molecule has 144 valence electrons. The molecule has 0 aliphatic rings. The Morgan fingerprint density at radius 3 is 2.25 bits per heavy atom. The Balaban J connectivity index is 1.69. The van der Waals surface area contributed by atoms with E-state index in [0.29, 0.717) is 17.8 Å². The number of aryl methyl sites for hydroxylation is 2. The van der Waals surface area contributed by atoms with Gasteiger partial charge in [-0.3, -0.25) is 14.3 Å². The van der Waals surface area contributed by atoms with Crippen LogP contribution in [0.4, 0.5) is 5.69 Å². The molecule has 0 saturated carbocycles. The first kappa shape index (κ1) is 19.4. The maximum atomic E-state index is 12.3. The third-order valence-electron chi connectivity index (χ3n) is 4.72. The van der Waals surface area contributed by atoms with Crippen molar-refractivity contribution in [2.75, 3.05) is 5.32 Å². The fraction of sp³-hybridized carbons (Fsp3) is 0.227. The molecule has 2 aromatic carbocycles. The van der Waals surface area contributed by atoms with Gasteiger partial charge in [-0.1, -0.05) is 29.8 Å². The SMILES string of the molecule is Cc1ccc(C(=O)Nc2ccc(Cn3nc(C)c(CC(=O)O)c3C)cc2)cc1. The summed E-state index contributed by atoms with van der Waals surface area (Å²) in [6, 6.07) is 15.0. The minimum atomic E-state index is -0.862. The van der Waals surface area contributed by atoms with Crippen LogP contribution in [-0.2, 0) is 17.8 Å². The first-order chi connectivity index (χ1) is 13.3. The number of aliphatic carboxylic acids is 1. The second kappa shape index (κ2) is 8.08. The molecule has 0 bridgehead atoms. The molecule has 3 aromatic rings. The van der Waals surface area contributed by atoms with Crippen LogP contribution in [0.3, 0.4) is 0 Å². The fourth-order valence-corrected chi connectivity index (χ4v) is 3.07. The topological polar surface area (TPSA) is 84.2 Å². The number of carboxylic acids is 1. The van der Waals surface area contributed by atoms with Gasteiger partial charge >= 0.3 is 5.97 Å². The minimum absolute atomic E-state index is 0.0261. The molecule has 6 nitrogen and oxygen atoms in total. The number of hydrogen-bond acceptors (Lipinski definition) is 3. The third kappa shape index (κ3) is 4.46. The lowest BCUT2D eigenvalue weighted by molar-refractivity contribution is -0.136. The second-order valence-electron chi connectivity index (χ2n) is 6.89. The van der Waals surface area contributed by atoms with Crippen molar-refractivity contribution in [2.24, 2.45) is 0 Å². The molecule has 6 heteroatoms. The molecular weight excluding hydrogens is 354 g/mol. The van der Waals surface area contributed by atoms with Crippen LogP contribution in [0.5, 0.6) is 0 Å². The van der Waals surface area contributed by atoms with Crippen LogP contribution in [0.1, 0.15) is 38.4 Å². The Morgan fingerprint density at radius 1 is 1.00 bits per heavy atom. The molecule has 2 N–H and O–H groups in total. The predicted octanol–water partition coefficient (Wildman–Crippen LogP) is 3.74. The molecule has 0 saturated heterocycles. The van der Waals surface area contributed by atoms with E-state index < -0.39 is 5.97 Å². The fourth-order valence-electron chi connectivity index (χ4n) is 3.07. The molecule has 1 heterocycles. The van der Waals surface area contributed by atoms with Gasteiger partial charge in [0.2, 0.25) is 0 Å². The molecule has 3 rings (SSSR count). The third-order valence-corrected chi connectivity index (χ3v) is 4.72. The van der Waals surface area contributed by atoms with Crippen molar-refractivity contribution >= 4 is 17.6 Å². The summed E-state index contributed by atoms with van der Waals surface area (Å²) in [6.07, 6.45) is -0.0261. The van der Waals surface area contributed by atoms with Crippen molar-refractivity contribution < 1.29 is 14.7 Å². The molecule has 0 radical (unpaired) electrons. The highest BCUT2D eigenvalue weighted by molar-refractivity contribution is 6.04. The zero-order chi connectivity index (χ0) is 20.3. The van der Waals surface area contributed by atoms with E-state index in [1.807, 2.05) is 61.9 Å². The van der Waals surface area contributed by atoms with Crippen LogP contribution in [0, 0.1) is 20.8 Å². The maximum absolute atomic E-state index is 12.3. The highest BCUT2D eigenvalue weighted by Crippen LogP contribution is 2.17. The molecule has 1 amide bonds. The molecule has 0 atom stereocenters. The number of carbonyl (C=O) groups is 2. The van der Waals surface area contributed by atoms with Crippen molar-refractivity contribution in [3.63, 3.8) is 0 Å². The van der Waals surface area contributed by atoms with E-state index >= 15 is 0 Å². The van der Waals surface area contributed by atoms with Gasteiger partial charge < -0.3 is 10.4 Å². The Hall–Kier alpha value is -3.41. The molecule has 28 heavy (non-hydrogen) atoms. The van der Waals surface area contributed by atoms with Crippen LogP contribution < -0.4 is 5.32 Å². The number of nitrogens with zero attached hydrogens (tertiary/aromatic N) is 2.